The van der Waals surface area contributed by atoms with E-state index in [4.69, 9.17) is 0 Å². The largest absolute Gasteiger partial charge is 0.326 e. The van der Waals surface area contributed by atoms with Gasteiger partial charge in [-0.3, -0.25) is 9.59 Å². The van der Waals surface area contributed by atoms with Crippen LogP contribution < -0.4 is 5.32 Å². The molecule has 4 heteroatoms. The molecule has 1 amide bonds. The molecule has 0 spiro atoms. The van der Waals surface area contributed by atoms with E-state index in [1.807, 2.05) is 17.5 Å². The molecule has 0 aliphatic rings. The second-order valence-corrected chi connectivity index (χ2v) is 4.58. The molecule has 1 heterocycles. The van der Waals surface area contributed by atoms with Crippen molar-refractivity contribution in [2.75, 3.05) is 5.32 Å². The predicted octanol–water partition coefficient (Wildman–Crippen LogP) is 2.74. The number of hydrogen-bond donors (Lipinski definition) is 1. The number of hydrogen-bond acceptors (Lipinski definition) is 3. The highest BCUT2D eigenvalue weighted by molar-refractivity contribution is 7.10. The fourth-order valence-corrected chi connectivity index (χ4v) is 2.13. The van der Waals surface area contributed by atoms with Crippen LogP contribution in [-0.4, -0.2) is 12.2 Å². The molecule has 0 atom stereocenters. The lowest BCUT2D eigenvalue weighted by atomic mass is 10.2. The molecule has 0 bridgehead atoms. The summed E-state index contributed by atoms with van der Waals surface area (Å²) in [4.78, 5) is 23.2. The smallest absolute Gasteiger partial charge is 0.229 e. The monoisotopic (exact) mass is 245 g/mol. The number of thiophene rings is 1. The molecule has 86 valence electrons. The normalized spacial score (nSPS) is 9.88. The van der Waals surface area contributed by atoms with Crippen molar-refractivity contribution in [2.45, 2.75) is 6.42 Å². The number of amides is 1. The first-order chi connectivity index (χ1) is 8.28. The van der Waals surface area contributed by atoms with Crippen molar-refractivity contribution in [3.63, 3.8) is 0 Å². The van der Waals surface area contributed by atoms with Gasteiger partial charge in [0.05, 0.1) is 6.42 Å². The van der Waals surface area contributed by atoms with Crippen molar-refractivity contribution < 1.29 is 9.59 Å². The molecule has 1 N–H and O–H groups in total. The van der Waals surface area contributed by atoms with Crippen LogP contribution in [0.2, 0.25) is 0 Å². The summed E-state index contributed by atoms with van der Waals surface area (Å²) in [6, 6.07) is 10.6. The molecule has 3 nitrogen and oxygen atoms in total. The van der Waals surface area contributed by atoms with Crippen molar-refractivity contribution in [2.24, 2.45) is 0 Å². The second-order valence-electron chi connectivity index (χ2n) is 3.54. The minimum Gasteiger partial charge on any atom is -0.326 e. The highest BCUT2D eigenvalue weighted by atomic mass is 32.1. The van der Waals surface area contributed by atoms with Gasteiger partial charge in [0.1, 0.15) is 6.29 Å². The minimum atomic E-state index is -0.0497. The molecule has 0 saturated heterocycles. The molecule has 0 unspecified atom stereocenters. The van der Waals surface area contributed by atoms with Gasteiger partial charge in [0, 0.05) is 16.1 Å². The quantitative estimate of drug-likeness (QED) is 0.842. The average molecular weight is 245 g/mol. The number of benzene rings is 1. The van der Waals surface area contributed by atoms with E-state index in [-0.39, 0.29) is 5.91 Å². The fraction of sp³-hybridized carbons (Fsp3) is 0.0769. The van der Waals surface area contributed by atoms with E-state index in [1.54, 1.807) is 35.6 Å². The number of carbonyl (C=O) groups excluding carboxylic acids is 2. The summed E-state index contributed by atoms with van der Waals surface area (Å²) < 4.78 is 0. The van der Waals surface area contributed by atoms with E-state index < -0.39 is 0 Å². The second kappa shape index (κ2) is 5.41. The molecule has 0 radical (unpaired) electrons. The van der Waals surface area contributed by atoms with Crippen LogP contribution in [0.1, 0.15) is 15.2 Å². The standard InChI is InChI=1S/C13H11NO2S/c15-9-10-3-5-11(6-4-10)14-13(16)8-12-2-1-7-17-12/h1-7,9H,8H2,(H,14,16). The Kier molecular flexibility index (Phi) is 3.67. The first kappa shape index (κ1) is 11.5. The van der Waals surface area contributed by atoms with Crippen LogP contribution in [-0.2, 0) is 11.2 Å². The molecule has 0 fully saturated rings. The Morgan fingerprint density at radius 3 is 2.59 bits per heavy atom. The lowest BCUT2D eigenvalue weighted by Gasteiger charge is -2.04. The van der Waals surface area contributed by atoms with Gasteiger partial charge in [0.25, 0.3) is 0 Å². The molecule has 0 aliphatic heterocycles. The summed E-state index contributed by atoms with van der Waals surface area (Å²) >= 11 is 1.56. The van der Waals surface area contributed by atoms with Gasteiger partial charge in [-0.15, -0.1) is 11.3 Å². The number of anilines is 1. The zero-order valence-corrected chi connectivity index (χ0v) is 9.87. The van der Waals surface area contributed by atoms with Crippen molar-refractivity contribution in [1.29, 1.82) is 0 Å². The van der Waals surface area contributed by atoms with Crippen molar-refractivity contribution in [1.82, 2.24) is 0 Å². The topological polar surface area (TPSA) is 46.2 Å². The van der Waals surface area contributed by atoms with Gasteiger partial charge in [-0.05, 0) is 35.7 Å². The number of carbonyl (C=O) groups is 2. The number of nitrogens with one attached hydrogen (secondary N) is 1. The maximum Gasteiger partial charge on any atom is 0.229 e. The minimum absolute atomic E-state index is 0.0497. The summed E-state index contributed by atoms with van der Waals surface area (Å²) in [6.45, 7) is 0. The summed E-state index contributed by atoms with van der Waals surface area (Å²) in [5, 5.41) is 4.73. The maximum atomic E-state index is 11.7. The van der Waals surface area contributed by atoms with Gasteiger partial charge < -0.3 is 5.32 Å². The van der Waals surface area contributed by atoms with Crippen molar-refractivity contribution in [3.8, 4) is 0 Å². The molecule has 1 aromatic carbocycles. The van der Waals surface area contributed by atoms with Crippen LogP contribution >= 0.6 is 11.3 Å². The third-order valence-corrected chi connectivity index (χ3v) is 3.12. The van der Waals surface area contributed by atoms with E-state index >= 15 is 0 Å². The summed E-state index contributed by atoms with van der Waals surface area (Å²) in [7, 11) is 0. The van der Waals surface area contributed by atoms with Crippen LogP contribution in [0.3, 0.4) is 0 Å². The SMILES string of the molecule is O=Cc1ccc(NC(=O)Cc2cccs2)cc1. The van der Waals surface area contributed by atoms with E-state index in [0.717, 1.165) is 11.2 Å². The highest BCUT2D eigenvalue weighted by Gasteiger charge is 2.04. The van der Waals surface area contributed by atoms with Crippen LogP contribution in [0.25, 0.3) is 0 Å². The Morgan fingerprint density at radius 2 is 2.00 bits per heavy atom. The third-order valence-electron chi connectivity index (χ3n) is 2.25. The summed E-state index contributed by atoms with van der Waals surface area (Å²) in [5.41, 5.74) is 1.30. The molecule has 2 rings (SSSR count). The maximum absolute atomic E-state index is 11.7. The lowest BCUT2D eigenvalue weighted by molar-refractivity contribution is -0.115. The van der Waals surface area contributed by atoms with Gasteiger partial charge in [-0.2, -0.15) is 0 Å². The number of aldehydes is 1. The molecule has 0 aliphatic carbocycles. The summed E-state index contributed by atoms with van der Waals surface area (Å²) in [6.07, 6.45) is 1.16. The predicted molar refractivity (Wildman–Crippen MR) is 68.5 cm³/mol. The van der Waals surface area contributed by atoms with Crippen LogP contribution in [0.4, 0.5) is 5.69 Å². The highest BCUT2D eigenvalue weighted by Crippen LogP contribution is 2.12. The van der Waals surface area contributed by atoms with E-state index in [0.29, 0.717) is 17.7 Å². The molecule has 17 heavy (non-hydrogen) atoms. The van der Waals surface area contributed by atoms with Crippen LogP contribution in [0.5, 0.6) is 0 Å². The van der Waals surface area contributed by atoms with Crippen LogP contribution in [0.15, 0.2) is 41.8 Å². The Labute approximate surface area is 103 Å². The average Bonchev–Trinajstić information content (AvgIpc) is 2.82. The third kappa shape index (κ3) is 3.26. The zero-order chi connectivity index (χ0) is 12.1. The van der Waals surface area contributed by atoms with E-state index in [2.05, 4.69) is 5.32 Å². The molecule has 2 aromatic rings. The molecular weight excluding hydrogens is 234 g/mol. The molecule has 1 aromatic heterocycles. The Hall–Kier alpha value is -1.94. The van der Waals surface area contributed by atoms with Gasteiger partial charge in [0.2, 0.25) is 5.91 Å². The summed E-state index contributed by atoms with van der Waals surface area (Å²) in [5.74, 6) is -0.0497. The Morgan fingerprint density at radius 1 is 1.24 bits per heavy atom. The van der Waals surface area contributed by atoms with Gasteiger partial charge in [-0.25, -0.2) is 0 Å². The van der Waals surface area contributed by atoms with Crippen LogP contribution in [0, 0.1) is 0 Å². The van der Waals surface area contributed by atoms with Gasteiger partial charge >= 0.3 is 0 Å². The first-order valence-corrected chi connectivity index (χ1v) is 6.03. The van der Waals surface area contributed by atoms with Gasteiger partial charge in [0.15, 0.2) is 0 Å². The van der Waals surface area contributed by atoms with Crippen molar-refractivity contribution in [3.05, 3.63) is 52.2 Å². The Balaban J connectivity index is 1.95. The Bertz CT molecular complexity index is 503. The number of rotatable bonds is 4. The lowest BCUT2D eigenvalue weighted by Crippen LogP contribution is -2.13. The van der Waals surface area contributed by atoms with Crippen molar-refractivity contribution >= 4 is 29.2 Å². The first-order valence-electron chi connectivity index (χ1n) is 5.15. The fourth-order valence-electron chi connectivity index (χ4n) is 1.42. The molecular formula is C13H11NO2S. The van der Waals surface area contributed by atoms with Gasteiger partial charge in [-0.1, -0.05) is 6.07 Å². The van der Waals surface area contributed by atoms with E-state index in [1.165, 1.54) is 0 Å². The zero-order valence-electron chi connectivity index (χ0n) is 9.05. The molecule has 0 saturated carbocycles. The van der Waals surface area contributed by atoms with E-state index in [9.17, 15) is 9.59 Å².